The lowest BCUT2D eigenvalue weighted by atomic mass is 9.58. The summed E-state index contributed by atoms with van der Waals surface area (Å²) in [6.45, 7) is 3.78. The summed E-state index contributed by atoms with van der Waals surface area (Å²) in [4.78, 5) is 40.5. The van der Waals surface area contributed by atoms with Crippen molar-refractivity contribution in [2.75, 3.05) is 20.2 Å². The van der Waals surface area contributed by atoms with Crippen LogP contribution in [0.3, 0.4) is 0 Å². The molecule has 1 aromatic rings. The summed E-state index contributed by atoms with van der Waals surface area (Å²) in [5.74, 6) is -6.78. The number of phenolic OH excluding ortho intramolecular Hbond substituents is 1. The zero-order valence-electron chi connectivity index (χ0n) is 20.7. The van der Waals surface area contributed by atoms with Crippen LogP contribution in [-0.2, 0) is 20.8 Å². The monoisotopic (exact) mass is 513 g/mol. The van der Waals surface area contributed by atoms with E-state index >= 15 is 0 Å². The Kier molecular flexibility index (Phi) is 5.85. The summed E-state index contributed by atoms with van der Waals surface area (Å²) in [5, 5.41) is 44.5. The summed E-state index contributed by atoms with van der Waals surface area (Å²) in [6, 6.07) is 0.0758. The van der Waals surface area contributed by atoms with Gasteiger partial charge < -0.3 is 36.6 Å². The Morgan fingerprint density at radius 3 is 2.59 bits per heavy atom. The fourth-order valence-corrected chi connectivity index (χ4v) is 6.84. The van der Waals surface area contributed by atoms with E-state index in [1.165, 1.54) is 13.2 Å². The average molecular weight is 514 g/mol. The van der Waals surface area contributed by atoms with Gasteiger partial charge in [-0.3, -0.25) is 19.3 Å². The Hall–Kier alpha value is -3.41. The largest absolute Gasteiger partial charge is 0.508 e. The quantitative estimate of drug-likeness (QED) is 0.309. The second-order valence-corrected chi connectivity index (χ2v) is 10.2. The van der Waals surface area contributed by atoms with E-state index < -0.39 is 58.0 Å². The number of rotatable bonds is 4. The SMILES string of the molecule is CCN1CCC[C@H]1c1cc(O)c2c(c1OC)C[C@@H]1C[C@@H]3[C@@H](N)C(=O)C(C(N)=O)=C(O)[C@]3(O)C(=O)C1=C2O. The van der Waals surface area contributed by atoms with E-state index in [2.05, 4.69) is 11.8 Å². The van der Waals surface area contributed by atoms with E-state index in [-0.39, 0.29) is 35.8 Å². The number of ether oxygens (including phenoxy) is 1. The first-order valence-corrected chi connectivity index (χ1v) is 12.4. The first-order valence-electron chi connectivity index (χ1n) is 12.4. The van der Waals surface area contributed by atoms with E-state index in [9.17, 15) is 34.8 Å². The van der Waals surface area contributed by atoms with Crippen LogP contribution in [-0.4, -0.2) is 74.6 Å². The topological polar surface area (TPSA) is 197 Å². The number of ketones is 2. The van der Waals surface area contributed by atoms with Crippen LogP contribution >= 0.6 is 0 Å². The normalized spacial score (nSPS) is 31.8. The maximum absolute atomic E-state index is 13.7. The molecule has 37 heavy (non-hydrogen) atoms. The molecule has 1 saturated heterocycles. The zero-order chi connectivity index (χ0) is 27.0. The summed E-state index contributed by atoms with van der Waals surface area (Å²) >= 11 is 0. The van der Waals surface area contributed by atoms with Crippen molar-refractivity contribution >= 4 is 23.2 Å². The number of aliphatic hydroxyl groups excluding tert-OH is 2. The van der Waals surface area contributed by atoms with Crippen LogP contribution in [0.15, 0.2) is 23.0 Å². The molecule has 0 radical (unpaired) electrons. The standard InChI is InChI=1S/C26H31N3O8/c1-3-29-6-4-5-14(29)11-9-15(30)17-12(22(11)37-2)7-10-8-13-19(27)21(32)18(25(28)35)24(34)26(13,36)23(33)16(10)20(17)31/h9-10,13-14,19,30-31,34,36H,3-8,27H2,1-2H3,(H2,28,35)/t10-,13-,14+,19-,26-/m1/s1. The van der Waals surface area contributed by atoms with E-state index in [4.69, 9.17) is 16.2 Å². The molecule has 4 aliphatic rings. The van der Waals surface area contributed by atoms with Gasteiger partial charge in [-0.1, -0.05) is 6.92 Å². The van der Waals surface area contributed by atoms with Crippen molar-refractivity contribution in [3.8, 4) is 11.5 Å². The molecule has 2 fully saturated rings. The third-order valence-corrected chi connectivity index (χ3v) is 8.56. The smallest absolute Gasteiger partial charge is 0.255 e. The second kappa shape index (κ2) is 8.57. The molecule has 0 spiro atoms. The lowest BCUT2D eigenvalue weighted by molar-refractivity contribution is -0.149. The molecule has 1 amide bonds. The van der Waals surface area contributed by atoms with Crippen LogP contribution in [0, 0.1) is 11.8 Å². The number of hydrogen-bond acceptors (Lipinski definition) is 10. The second-order valence-electron chi connectivity index (χ2n) is 10.2. The predicted octanol–water partition coefficient (Wildman–Crippen LogP) is 0.527. The molecular formula is C26H31N3O8. The fourth-order valence-electron chi connectivity index (χ4n) is 6.84. The molecule has 0 unspecified atom stereocenters. The summed E-state index contributed by atoms with van der Waals surface area (Å²) in [5.41, 5.74) is 8.74. The van der Waals surface area contributed by atoms with Crippen molar-refractivity contribution in [1.29, 1.82) is 0 Å². The van der Waals surface area contributed by atoms with Crippen LogP contribution in [0.25, 0.3) is 5.76 Å². The van der Waals surface area contributed by atoms with Crippen LogP contribution in [0.4, 0.5) is 0 Å². The molecule has 198 valence electrons. The highest BCUT2D eigenvalue weighted by Gasteiger charge is 2.63. The van der Waals surface area contributed by atoms with E-state index in [0.29, 0.717) is 11.3 Å². The molecular weight excluding hydrogens is 482 g/mol. The highest BCUT2D eigenvalue weighted by atomic mass is 16.5. The minimum atomic E-state index is -2.72. The minimum Gasteiger partial charge on any atom is -0.508 e. The van der Waals surface area contributed by atoms with E-state index in [1.807, 2.05) is 0 Å². The number of carbonyl (C=O) groups excluding carboxylic acids is 3. The number of Topliss-reactive ketones (excluding diaryl/α,β-unsaturated/α-hetero) is 2. The molecule has 1 aromatic carbocycles. The maximum atomic E-state index is 13.7. The number of amides is 1. The highest BCUT2D eigenvalue weighted by Crippen LogP contribution is 2.54. The molecule has 0 bridgehead atoms. The minimum absolute atomic E-state index is 0.0121. The fraction of sp³-hybridized carbons (Fsp3) is 0.500. The van der Waals surface area contributed by atoms with Crippen molar-refractivity contribution in [3.63, 3.8) is 0 Å². The van der Waals surface area contributed by atoms with Gasteiger partial charge in [-0.05, 0) is 50.8 Å². The van der Waals surface area contributed by atoms with Crippen molar-refractivity contribution in [2.24, 2.45) is 23.3 Å². The van der Waals surface area contributed by atoms with Gasteiger partial charge in [0.25, 0.3) is 5.91 Å². The molecule has 1 heterocycles. The number of phenols is 1. The number of methoxy groups -OCH3 is 1. The Morgan fingerprint density at radius 1 is 1.27 bits per heavy atom. The van der Waals surface area contributed by atoms with Gasteiger partial charge in [-0.25, -0.2) is 0 Å². The molecule has 1 saturated carbocycles. The number of likely N-dealkylation sites (tertiary alicyclic amines) is 1. The van der Waals surface area contributed by atoms with Crippen molar-refractivity contribution in [2.45, 2.75) is 50.3 Å². The number of primary amides is 1. The number of nitrogens with zero attached hydrogens (tertiary/aromatic N) is 1. The third kappa shape index (κ3) is 3.27. The first kappa shape index (κ1) is 25.2. The number of hydrogen-bond donors (Lipinski definition) is 6. The van der Waals surface area contributed by atoms with Crippen molar-refractivity contribution in [1.82, 2.24) is 4.90 Å². The number of fused-ring (bicyclic) bond motifs is 3. The van der Waals surface area contributed by atoms with Crippen molar-refractivity contribution in [3.05, 3.63) is 39.7 Å². The Balaban J connectivity index is 1.69. The van der Waals surface area contributed by atoms with Gasteiger partial charge in [0, 0.05) is 28.7 Å². The predicted molar refractivity (Wildman–Crippen MR) is 131 cm³/mol. The molecule has 5 atom stereocenters. The van der Waals surface area contributed by atoms with Gasteiger partial charge in [0.05, 0.1) is 18.7 Å². The summed E-state index contributed by atoms with van der Waals surface area (Å²) in [7, 11) is 1.51. The van der Waals surface area contributed by atoms with E-state index in [1.54, 1.807) is 0 Å². The Morgan fingerprint density at radius 2 is 1.97 bits per heavy atom. The summed E-state index contributed by atoms with van der Waals surface area (Å²) in [6.07, 6.45) is 1.97. The van der Waals surface area contributed by atoms with Crippen LogP contribution in [0.5, 0.6) is 11.5 Å². The van der Waals surface area contributed by atoms with Crippen molar-refractivity contribution < 1.29 is 39.5 Å². The lowest BCUT2D eigenvalue weighted by Gasteiger charge is -2.48. The first-order chi connectivity index (χ1) is 17.5. The third-order valence-electron chi connectivity index (χ3n) is 8.56. The lowest BCUT2D eigenvalue weighted by Crippen LogP contribution is -2.65. The van der Waals surface area contributed by atoms with Crippen LogP contribution in [0.1, 0.15) is 48.9 Å². The molecule has 0 aromatic heterocycles. The Bertz CT molecular complexity index is 1300. The number of carbonyl (C=O) groups is 3. The Labute approximate surface area is 213 Å². The van der Waals surface area contributed by atoms with Crippen LogP contribution < -0.4 is 16.2 Å². The highest BCUT2D eigenvalue weighted by molar-refractivity contribution is 6.24. The van der Waals surface area contributed by atoms with Gasteiger partial charge >= 0.3 is 0 Å². The molecule has 3 aliphatic carbocycles. The number of benzene rings is 1. The van der Waals surface area contributed by atoms with Gasteiger partial charge in [0.1, 0.15) is 28.6 Å². The number of aliphatic hydroxyl groups is 3. The van der Waals surface area contributed by atoms with Gasteiger partial charge in [-0.2, -0.15) is 0 Å². The molecule has 8 N–H and O–H groups in total. The van der Waals surface area contributed by atoms with Gasteiger partial charge in [-0.15, -0.1) is 0 Å². The zero-order valence-corrected chi connectivity index (χ0v) is 20.7. The number of nitrogens with two attached hydrogens (primary N) is 2. The molecule has 5 rings (SSSR count). The van der Waals surface area contributed by atoms with E-state index in [0.717, 1.165) is 31.5 Å². The summed E-state index contributed by atoms with van der Waals surface area (Å²) < 4.78 is 5.80. The molecule has 11 nitrogen and oxygen atoms in total. The molecule has 1 aliphatic heterocycles. The number of aromatic hydroxyl groups is 1. The maximum Gasteiger partial charge on any atom is 0.255 e. The van der Waals surface area contributed by atoms with Crippen LogP contribution in [0.2, 0.25) is 0 Å². The average Bonchev–Trinajstić information content (AvgIpc) is 3.33. The van der Waals surface area contributed by atoms with Gasteiger partial charge in [0.2, 0.25) is 5.78 Å². The molecule has 11 heteroatoms. The van der Waals surface area contributed by atoms with Gasteiger partial charge in [0.15, 0.2) is 11.4 Å².